The zero-order chi connectivity index (χ0) is 22.6. The van der Waals surface area contributed by atoms with Crippen LogP contribution in [-0.4, -0.2) is 39.9 Å². The van der Waals surface area contributed by atoms with Gasteiger partial charge in [0.25, 0.3) is 5.91 Å². The molecule has 33 heavy (non-hydrogen) atoms. The van der Waals surface area contributed by atoms with Crippen LogP contribution in [0.3, 0.4) is 0 Å². The third-order valence-corrected chi connectivity index (χ3v) is 6.16. The second-order valence-corrected chi connectivity index (χ2v) is 8.46. The standard InChI is InChI=1S/C27H25FN4O/c28-21-9-7-19(8-10-21)18-32-14-11-22(12-15-32)30-27(33)24-16-26(20-4-3-13-29-17-20)31-25-6-2-1-5-23(24)25/h1-10,13,16-17,22H,11-12,14-15,18H2,(H,30,33). The molecule has 2 aromatic heterocycles. The van der Waals surface area contributed by atoms with Gasteiger partial charge < -0.3 is 5.32 Å². The lowest BCUT2D eigenvalue weighted by Crippen LogP contribution is -2.44. The van der Waals surface area contributed by atoms with Gasteiger partial charge in [0, 0.05) is 49.0 Å². The van der Waals surface area contributed by atoms with Gasteiger partial charge in [0.1, 0.15) is 5.82 Å². The molecular weight excluding hydrogens is 415 g/mol. The highest BCUT2D eigenvalue weighted by atomic mass is 19.1. The molecule has 1 fully saturated rings. The maximum Gasteiger partial charge on any atom is 0.252 e. The Hall–Kier alpha value is -3.64. The zero-order valence-corrected chi connectivity index (χ0v) is 18.2. The molecule has 1 saturated heterocycles. The van der Waals surface area contributed by atoms with E-state index in [1.807, 2.05) is 54.6 Å². The minimum atomic E-state index is -0.213. The second kappa shape index (κ2) is 9.46. The van der Waals surface area contributed by atoms with Crippen LogP contribution in [0.4, 0.5) is 4.39 Å². The molecule has 0 saturated carbocycles. The van der Waals surface area contributed by atoms with Crippen LogP contribution in [0.5, 0.6) is 0 Å². The van der Waals surface area contributed by atoms with Crippen molar-refractivity contribution >= 4 is 16.8 Å². The number of pyridine rings is 2. The zero-order valence-electron chi connectivity index (χ0n) is 18.2. The number of nitrogens with zero attached hydrogens (tertiary/aromatic N) is 3. The van der Waals surface area contributed by atoms with Crippen molar-refractivity contribution in [2.45, 2.75) is 25.4 Å². The third-order valence-electron chi connectivity index (χ3n) is 6.16. The van der Waals surface area contributed by atoms with Crippen molar-refractivity contribution in [3.05, 3.63) is 96.1 Å². The summed E-state index contributed by atoms with van der Waals surface area (Å²) in [6, 6.07) is 20.2. The minimum Gasteiger partial charge on any atom is -0.349 e. The van der Waals surface area contributed by atoms with Crippen LogP contribution in [0.15, 0.2) is 79.1 Å². The molecule has 5 rings (SSSR count). The fraction of sp³-hybridized carbons (Fsp3) is 0.222. The monoisotopic (exact) mass is 440 g/mol. The summed E-state index contributed by atoms with van der Waals surface area (Å²) in [6.45, 7) is 2.57. The summed E-state index contributed by atoms with van der Waals surface area (Å²) in [6.07, 6.45) is 5.24. The molecule has 2 aromatic carbocycles. The summed E-state index contributed by atoms with van der Waals surface area (Å²) in [5, 5.41) is 4.08. The van der Waals surface area contributed by atoms with E-state index in [2.05, 4.69) is 15.2 Å². The van der Waals surface area contributed by atoms with Gasteiger partial charge in [-0.1, -0.05) is 30.3 Å². The first kappa shape index (κ1) is 21.2. The van der Waals surface area contributed by atoms with E-state index >= 15 is 0 Å². The fourth-order valence-electron chi connectivity index (χ4n) is 4.37. The third kappa shape index (κ3) is 4.91. The summed E-state index contributed by atoms with van der Waals surface area (Å²) in [5.41, 5.74) is 4.14. The summed E-state index contributed by atoms with van der Waals surface area (Å²) in [7, 11) is 0. The van der Waals surface area contributed by atoms with Gasteiger partial charge in [-0.2, -0.15) is 0 Å². The predicted molar refractivity (Wildman–Crippen MR) is 127 cm³/mol. The van der Waals surface area contributed by atoms with Crippen LogP contribution in [0.2, 0.25) is 0 Å². The van der Waals surface area contributed by atoms with Crippen molar-refractivity contribution in [1.82, 2.24) is 20.2 Å². The molecule has 0 atom stereocenters. The maximum absolute atomic E-state index is 13.3. The van der Waals surface area contributed by atoms with E-state index in [1.54, 1.807) is 12.4 Å². The highest BCUT2D eigenvalue weighted by Crippen LogP contribution is 2.25. The van der Waals surface area contributed by atoms with Gasteiger partial charge in [-0.05, 0) is 54.8 Å². The summed E-state index contributed by atoms with van der Waals surface area (Å²) in [4.78, 5) is 24.6. The minimum absolute atomic E-state index is 0.0734. The van der Waals surface area contributed by atoms with E-state index < -0.39 is 0 Å². The number of aromatic nitrogens is 2. The summed E-state index contributed by atoms with van der Waals surface area (Å²) >= 11 is 0. The first-order valence-electron chi connectivity index (χ1n) is 11.2. The Labute approximate surface area is 192 Å². The van der Waals surface area contributed by atoms with Crippen molar-refractivity contribution in [1.29, 1.82) is 0 Å². The fourth-order valence-corrected chi connectivity index (χ4v) is 4.37. The molecule has 3 heterocycles. The number of carbonyl (C=O) groups excluding carboxylic acids is 1. The van der Waals surface area contributed by atoms with Crippen molar-refractivity contribution in [2.75, 3.05) is 13.1 Å². The number of amides is 1. The van der Waals surface area contributed by atoms with E-state index in [0.29, 0.717) is 5.56 Å². The Morgan fingerprint density at radius 2 is 1.82 bits per heavy atom. The predicted octanol–water partition coefficient (Wildman–Crippen LogP) is 4.83. The Morgan fingerprint density at radius 1 is 1.03 bits per heavy atom. The van der Waals surface area contributed by atoms with Gasteiger partial charge in [0.2, 0.25) is 0 Å². The first-order valence-corrected chi connectivity index (χ1v) is 11.2. The number of nitrogens with one attached hydrogen (secondary N) is 1. The number of rotatable bonds is 5. The van der Waals surface area contributed by atoms with Crippen LogP contribution in [0.25, 0.3) is 22.2 Å². The van der Waals surface area contributed by atoms with Gasteiger partial charge in [0.15, 0.2) is 0 Å². The molecule has 0 aliphatic carbocycles. The largest absolute Gasteiger partial charge is 0.349 e. The van der Waals surface area contributed by atoms with E-state index in [0.717, 1.165) is 60.2 Å². The highest BCUT2D eigenvalue weighted by molar-refractivity contribution is 6.07. The average molecular weight is 441 g/mol. The first-order chi connectivity index (χ1) is 16.2. The molecule has 0 radical (unpaired) electrons. The Morgan fingerprint density at radius 3 is 2.58 bits per heavy atom. The number of piperidine rings is 1. The van der Waals surface area contributed by atoms with Gasteiger partial charge in [-0.15, -0.1) is 0 Å². The lowest BCUT2D eigenvalue weighted by molar-refractivity contribution is 0.0910. The molecule has 6 heteroatoms. The van der Waals surface area contributed by atoms with Gasteiger partial charge in [0.05, 0.1) is 16.8 Å². The molecule has 4 aromatic rings. The Kier molecular flexibility index (Phi) is 6.09. The van der Waals surface area contributed by atoms with E-state index in [-0.39, 0.29) is 17.8 Å². The van der Waals surface area contributed by atoms with Crippen LogP contribution in [0, 0.1) is 5.82 Å². The molecule has 0 unspecified atom stereocenters. The van der Waals surface area contributed by atoms with Crippen LogP contribution < -0.4 is 5.32 Å². The molecule has 1 amide bonds. The number of fused-ring (bicyclic) bond motifs is 1. The van der Waals surface area contributed by atoms with Gasteiger partial charge in [-0.3, -0.25) is 14.7 Å². The summed E-state index contributed by atoms with van der Waals surface area (Å²) in [5.74, 6) is -0.286. The van der Waals surface area contributed by atoms with E-state index in [4.69, 9.17) is 4.98 Å². The Balaban J connectivity index is 1.29. The highest BCUT2D eigenvalue weighted by Gasteiger charge is 2.22. The number of hydrogen-bond donors (Lipinski definition) is 1. The number of hydrogen-bond acceptors (Lipinski definition) is 4. The smallest absolute Gasteiger partial charge is 0.252 e. The molecule has 1 aliphatic rings. The molecule has 5 nitrogen and oxygen atoms in total. The quantitative estimate of drug-likeness (QED) is 0.483. The van der Waals surface area contributed by atoms with E-state index in [1.165, 1.54) is 12.1 Å². The Bertz CT molecular complexity index is 1250. The molecule has 1 aliphatic heterocycles. The second-order valence-electron chi connectivity index (χ2n) is 8.46. The molecule has 166 valence electrons. The SMILES string of the molecule is O=C(NC1CCN(Cc2ccc(F)cc2)CC1)c1cc(-c2cccnc2)nc2ccccc12. The van der Waals surface area contributed by atoms with Crippen LogP contribution in [0.1, 0.15) is 28.8 Å². The number of likely N-dealkylation sites (tertiary alicyclic amines) is 1. The van der Waals surface area contributed by atoms with Crippen molar-refractivity contribution < 1.29 is 9.18 Å². The van der Waals surface area contributed by atoms with Crippen molar-refractivity contribution in [3.8, 4) is 11.3 Å². The number of carbonyl (C=O) groups is 1. The normalized spacial score (nSPS) is 14.9. The van der Waals surface area contributed by atoms with Gasteiger partial charge in [-0.25, -0.2) is 9.37 Å². The topological polar surface area (TPSA) is 58.1 Å². The number of para-hydroxylation sites is 1. The maximum atomic E-state index is 13.3. The van der Waals surface area contributed by atoms with Crippen LogP contribution in [-0.2, 0) is 6.54 Å². The molecule has 0 spiro atoms. The lowest BCUT2D eigenvalue weighted by Gasteiger charge is -2.32. The molecule has 0 bridgehead atoms. The molecule has 1 N–H and O–H groups in total. The van der Waals surface area contributed by atoms with E-state index in [9.17, 15) is 9.18 Å². The summed E-state index contributed by atoms with van der Waals surface area (Å²) < 4.78 is 13.1. The van der Waals surface area contributed by atoms with Crippen molar-refractivity contribution in [3.63, 3.8) is 0 Å². The van der Waals surface area contributed by atoms with Crippen molar-refractivity contribution in [2.24, 2.45) is 0 Å². The average Bonchev–Trinajstić information content (AvgIpc) is 2.86. The van der Waals surface area contributed by atoms with Gasteiger partial charge >= 0.3 is 0 Å². The van der Waals surface area contributed by atoms with Crippen LogP contribution >= 0.6 is 0 Å². The molecular formula is C27H25FN4O. The lowest BCUT2D eigenvalue weighted by atomic mass is 10.0. The number of halogens is 1. The number of benzene rings is 2.